The van der Waals surface area contributed by atoms with Gasteiger partial charge in [0.25, 0.3) is 0 Å². The lowest BCUT2D eigenvalue weighted by Gasteiger charge is -2.50. The number of epoxide rings is 1. The highest BCUT2D eigenvalue weighted by Crippen LogP contribution is 2.38. The minimum absolute atomic E-state index is 0.0507. The number of likely N-dealkylation sites (N-methyl/N-ethyl adjacent to an activating group) is 1. The second-order valence-electron chi connectivity index (χ2n) is 16.6. The molecule has 330 valence electrons. The number of ether oxygens (including phenoxy) is 9. The fraction of sp³-hybridized carbons (Fsp3) is 0.829. The summed E-state index contributed by atoms with van der Waals surface area (Å²) in [5.74, 6) is -3.42. The van der Waals surface area contributed by atoms with Gasteiger partial charge in [-0.15, -0.1) is 0 Å². The molecule has 1 unspecified atom stereocenters. The van der Waals surface area contributed by atoms with Gasteiger partial charge in [0.05, 0.1) is 36.9 Å². The number of hydrogen-bond donors (Lipinski definition) is 2. The third-order valence-corrected chi connectivity index (χ3v) is 11.3. The third kappa shape index (κ3) is 12.6. The molecule has 4 aliphatic rings. The Kier molecular flexibility index (Phi) is 17.4. The molecule has 0 aromatic carbocycles. The van der Waals surface area contributed by atoms with E-state index in [1.54, 1.807) is 59.7 Å². The number of aliphatic hydroxyl groups is 2. The molecule has 2 N–H and O–H groups in total. The molecule has 0 saturated carbocycles. The Bertz CT molecular complexity index is 1440. The normalized spacial score (nSPS) is 42.2. The van der Waals surface area contributed by atoms with Gasteiger partial charge >= 0.3 is 17.9 Å². The van der Waals surface area contributed by atoms with E-state index in [-0.39, 0.29) is 43.7 Å². The largest absolute Gasteiger partial charge is 0.462 e. The number of aliphatic hydroxyl groups excluding tert-OH is 1. The van der Waals surface area contributed by atoms with Gasteiger partial charge in [-0.25, -0.2) is 0 Å². The number of ketones is 1. The van der Waals surface area contributed by atoms with E-state index in [4.69, 9.17) is 42.6 Å². The Morgan fingerprint density at radius 3 is 2.31 bits per heavy atom. The highest BCUT2D eigenvalue weighted by molar-refractivity contribution is 5.91. The molecule has 4 heterocycles. The van der Waals surface area contributed by atoms with Crippen LogP contribution >= 0.6 is 0 Å². The zero-order chi connectivity index (χ0) is 43.1. The van der Waals surface area contributed by atoms with Gasteiger partial charge in [0.15, 0.2) is 24.5 Å². The van der Waals surface area contributed by atoms with Crippen molar-refractivity contribution in [3.8, 4) is 0 Å². The lowest BCUT2D eigenvalue weighted by Crippen LogP contribution is -2.66. The first kappa shape index (κ1) is 47.8. The lowest BCUT2D eigenvalue weighted by molar-refractivity contribution is -0.344. The standard InChI is InChI=1S/C41H65NO16/c1-11-12-31(46)56-39-24(5)52-33(20-41(39,7)49)57-36-23(4)53-40(35(48)34(36)42(8)9)58-37-26(15-16-43)17-21(2)27(45)13-14-28-29(55-28)18-22(3)51-32(47)19-30(38(37)50-10)54-25(6)44/h13-14,16,21-24,26,28-30,33-40,48-49H,11-12,15,17-20H2,1-10H3/b14-13+/t21-,22-,23-,24+,26+,28+,29+,30-,33+,34-,35-,36-,37?,38+,39+,40+,41-/m1/s1. The molecular weight excluding hydrogens is 762 g/mol. The summed E-state index contributed by atoms with van der Waals surface area (Å²) in [5.41, 5.74) is -1.50. The molecule has 4 rings (SSSR count). The molecule has 3 saturated heterocycles. The average molecular weight is 828 g/mol. The van der Waals surface area contributed by atoms with Crippen molar-refractivity contribution >= 4 is 30.0 Å². The summed E-state index contributed by atoms with van der Waals surface area (Å²) in [5, 5.41) is 23.4. The molecule has 0 aliphatic carbocycles. The zero-order valence-corrected chi connectivity index (χ0v) is 35.5. The van der Waals surface area contributed by atoms with Crippen LogP contribution in [0.2, 0.25) is 0 Å². The van der Waals surface area contributed by atoms with Gasteiger partial charge in [-0.3, -0.25) is 19.2 Å². The number of rotatable bonds is 12. The number of fused-ring (bicyclic) bond motifs is 1. The first-order valence-electron chi connectivity index (χ1n) is 20.4. The quantitative estimate of drug-likeness (QED) is 0.125. The van der Waals surface area contributed by atoms with Crippen molar-refractivity contribution in [3.05, 3.63) is 12.2 Å². The number of hydrogen-bond acceptors (Lipinski definition) is 17. The number of esters is 3. The predicted molar refractivity (Wildman–Crippen MR) is 204 cm³/mol. The predicted octanol–water partition coefficient (Wildman–Crippen LogP) is 2.19. The first-order valence-corrected chi connectivity index (χ1v) is 20.4. The molecule has 17 nitrogen and oxygen atoms in total. The summed E-state index contributed by atoms with van der Waals surface area (Å²) in [4.78, 5) is 65.5. The van der Waals surface area contributed by atoms with E-state index in [1.807, 2.05) is 6.92 Å². The van der Waals surface area contributed by atoms with Gasteiger partial charge in [0.2, 0.25) is 0 Å². The number of nitrogens with zero attached hydrogens (tertiary/aromatic N) is 1. The maximum absolute atomic E-state index is 13.4. The molecule has 17 atom stereocenters. The van der Waals surface area contributed by atoms with E-state index < -0.39 is 115 Å². The highest BCUT2D eigenvalue weighted by Gasteiger charge is 2.53. The van der Waals surface area contributed by atoms with Crippen LogP contribution in [0.1, 0.15) is 93.4 Å². The summed E-state index contributed by atoms with van der Waals surface area (Å²) in [7, 11) is 4.81. The second-order valence-corrected chi connectivity index (χ2v) is 16.6. The van der Waals surface area contributed by atoms with E-state index in [0.717, 1.165) is 0 Å². The van der Waals surface area contributed by atoms with Crippen LogP contribution in [0.4, 0.5) is 0 Å². The SMILES string of the molecule is CCCC(=O)O[C@H]1[C@H](C)O[C@@H](O[C@H]2[C@H](N(C)C)[C@@H](O)[C@H](OC3[C@@H](CC=O)C[C@@H](C)C(=O)/C=C/[C@@H]4O[C@H]4C[C@@H](C)OC(=O)C[C@@H](OC(C)=O)[C@@H]3OC)O[C@@H]2C)C[C@@]1(C)O. The molecule has 0 aromatic heterocycles. The van der Waals surface area contributed by atoms with Gasteiger partial charge in [-0.05, 0) is 72.7 Å². The van der Waals surface area contributed by atoms with Gasteiger partial charge in [-0.2, -0.15) is 0 Å². The van der Waals surface area contributed by atoms with Crippen molar-refractivity contribution in [1.29, 1.82) is 0 Å². The molecule has 3 fully saturated rings. The summed E-state index contributed by atoms with van der Waals surface area (Å²) >= 11 is 0. The van der Waals surface area contributed by atoms with Gasteiger partial charge in [-0.1, -0.05) is 13.8 Å². The molecule has 58 heavy (non-hydrogen) atoms. The summed E-state index contributed by atoms with van der Waals surface area (Å²) in [6.07, 6.45) is -7.34. The van der Waals surface area contributed by atoms with E-state index in [1.165, 1.54) is 20.1 Å². The number of methoxy groups -OCH3 is 1. The molecule has 0 spiro atoms. The minimum atomic E-state index is -1.50. The smallest absolute Gasteiger partial charge is 0.309 e. The van der Waals surface area contributed by atoms with Crippen LogP contribution in [-0.4, -0.2) is 158 Å². The monoisotopic (exact) mass is 827 g/mol. The Hall–Kier alpha value is -2.87. The van der Waals surface area contributed by atoms with Crippen molar-refractivity contribution < 1.29 is 76.8 Å². The number of aldehydes is 1. The van der Waals surface area contributed by atoms with E-state index in [0.29, 0.717) is 19.1 Å². The van der Waals surface area contributed by atoms with E-state index in [2.05, 4.69) is 0 Å². The maximum Gasteiger partial charge on any atom is 0.309 e. The molecule has 0 amide bonds. The summed E-state index contributed by atoms with van der Waals surface area (Å²) in [6, 6.07) is -0.797. The zero-order valence-electron chi connectivity index (χ0n) is 35.5. The van der Waals surface area contributed by atoms with E-state index >= 15 is 0 Å². The fourth-order valence-electron chi connectivity index (χ4n) is 8.39. The summed E-state index contributed by atoms with van der Waals surface area (Å²) < 4.78 is 54.1. The number of allylic oxidation sites excluding steroid dienone is 1. The van der Waals surface area contributed by atoms with Gasteiger partial charge in [0, 0.05) is 45.6 Å². The van der Waals surface area contributed by atoms with E-state index in [9.17, 15) is 34.2 Å². The van der Waals surface area contributed by atoms with Crippen LogP contribution in [-0.2, 0) is 66.6 Å². The Labute approximate surface area is 341 Å². The fourth-order valence-corrected chi connectivity index (χ4v) is 8.39. The van der Waals surface area contributed by atoms with Crippen LogP contribution in [0, 0.1) is 11.8 Å². The number of carbonyl (C=O) groups excluding carboxylic acids is 5. The van der Waals surface area contributed by atoms with Crippen molar-refractivity contribution in [1.82, 2.24) is 4.90 Å². The summed E-state index contributed by atoms with van der Waals surface area (Å²) in [6.45, 7) is 11.4. The topological polar surface area (TPSA) is 215 Å². The molecule has 0 bridgehead atoms. The van der Waals surface area contributed by atoms with Crippen molar-refractivity contribution in [3.63, 3.8) is 0 Å². The Morgan fingerprint density at radius 2 is 1.71 bits per heavy atom. The molecule has 17 heteroatoms. The van der Waals surface area contributed by atoms with Crippen LogP contribution in [0.25, 0.3) is 0 Å². The van der Waals surface area contributed by atoms with Crippen molar-refractivity contribution in [2.45, 2.75) is 185 Å². The third-order valence-electron chi connectivity index (χ3n) is 11.3. The molecule has 0 radical (unpaired) electrons. The second kappa shape index (κ2) is 21.1. The first-order chi connectivity index (χ1) is 27.3. The van der Waals surface area contributed by atoms with Crippen molar-refractivity contribution in [2.24, 2.45) is 11.8 Å². The average Bonchev–Trinajstić information content (AvgIpc) is 3.86. The number of carbonyl (C=O) groups is 5. The van der Waals surface area contributed by atoms with Gasteiger partial charge in [0.1, 0.15) is 48.5 Å². The lowest BCUT2D eigenvalue weighted by atomic mass is 9.83. The molecule has 4 aliphatic heterocycles. The van der Waals surface area contributed by atoms with Gasteiger partial charge < -0.3 is 62.5 Å². The number of cyclic esters (lactones) is 1. The van der Waals surface area contributed by atoms with Crippen LogP contribution in [0.5, 0.6) is 0 Å². The highest BCUT2D eigenvalue weighted by atomic mass is 16.7. The molecular formula is C41H65NO16. The van der Waals surface area contributed by atoms with Crippen molar-refractivity contribution in [2.75, 3.05) is 21.2 Å². The maximum atomic E-state index is 13.4. The molecule has 0 aromatic rings. The Balaban J connectivity index is 1.65. The minimum Gasteiger partial charge on any atom is -0.462 e. The Morgan fingerprint density at radius 1 is 1.00 bits per heavy atom. The van der Waals surface area contributed by atoms with Crippen LogP contribution in [0.3, 0.4) is 0 Å². The van der Waals surface area contributed by atoms with Crippen LogP contribution < -0.4 is 0 Å². The van der Waals surface area contributed by atoms with Crippen LogP contribution in [0.15, 0.2) is 12.2 Å².